The fourth-order valence-corrected chi connectivity index (χ4v) is 2.81. The predicted octanol–water partition coefficient (Wildman–Crippen LogP) is 1.36. The molecule has 3 rings (SSSR count). The van der Waals surface area contributed by atoms with Crippen molar-refractivity contribution in [2.75, 3.05) is 5.32 Å². The zero-order valence-electron chi connectivity index (χ0n) is 12.4. The van der Waals surface area contributed by atoms with Crippen molar-refractivity contribution >= 4 is 16.5 Å². The number of hydrogen-bond donors (Lipinski definition) is 2. The molecule has 0 aliphatic heterocycles. The summed E-state index contributed by atoms with van der Waals surface area (Å²) in [5, 5.41) is 12.5. The number of benzene rings is 1. The summed E-state index contributed by atoms with van der Waals surface area (Å²) >= 11 is 1.32. The van der Waals surface area contributed by atoms with E-state index in [-0.39, 0.29) is 12.1 Å². The Bertz CT molecular complexity index is 882. The lowest BCUT2D eigenvalue weighted by Crippen LogP contribution is -2.35. The highest BCUT2D eigenvalue weighted by Gasteiger charge is 2.08. The smallest absolute Gasteiger partial charge is 0.328 e. The average molecular weight is 329 g/mol. The fourth-order valence-electron chi connectivity index (χ4n) is 2.08. The summed E-state index contributed by atoms with van der Waals surface area (Å²) in [4.78, 5) is 26.3. The number of aromatic nitrogens is 4. The van der Waals surface area contributed by atoms with Crippen molar-refractivity contribution in [2.24, 2.45) is 0 Å². The first-order valence-electron chi connectivity index (χ1n) is 7.03. The molecule has 23 heavy (non-hydrogen) atoms. The molecular formula is C15H15N5O2S. The van der Waals surface area contributed by atoms with Crippen LogP contribution in [0.3, 0.4) is 0 Å². The van der Waals surface area contributed by atoms with E-state index in [0.717, 1.165) is 10.1 Å². The molecule has 3 aromatic rings. The van der Waals surface area contributed by atoms with Crippen LogP contribution in [0.1, 0.15) is 16.3 Å². The molecule has 0 saturated heterocycles. The highest BCUT2D eigenvalue weighted by molar-refractivity contribution is 7.15. The van der Waals surface area contributed by atoms with E-state index in [9.17, 15) is 9.59 Å². The van der Waals surface area contributed by atoms with Crippen molar-refractivity contribution in [3.63, 3.8) is 0 Å². The summed E-state index contributed by atoms with van der Waals surface area (Å²) in [6.45, 7) is 2.42. The molecule has 8 heteroatoms. The van der Waals surface area contributed by atoms with Gasteiger partial charge in [-0.2, -0.15) is 0 Å². The molecule has 0 unspecified atom stereocenters. The summed E-state index contributed by atoms with van der Waals surface area (Å²) in [7, 11) is 0. The SMILES string of the molecule is Cc1cc(=O)n(Cc2nnc(NCc3ccccc3)s2)c(=O)[nH]1. The Labute approximate surface area is 135 Å². The molecule has 0 aliphatic rings. The Morgan fingerprint density at radius 2 is 2.00 bits per heavy atom. The summed E-state index contributed by atoms with van der Waals surface area (Å²) in [5.41, 5.74) is 0.887. The molecule has 7 nitrogen and oxygen atoms in total. The lowest BCUT2D eigenvalue weighted by Gasteiger charge is -2.02. The van der Waals surface area contributed by atoms with Gasteiger partial charge in [0, 0.05) is 18.3 Å². The molecule has 0 atom stereocenters. The Hall–Kier alpha value is -2.74. The van der Waals surface area contributed by atoms with Crippen LogP contribution in [0.25, 0.3) is 0 Å². The van der Waals surface area contributed by atoms with Gasteiger partial charge in [-0.25, -0.2) is 4.79 Å². The van der Waals surface area contributed by atoms with E-state index in [1.54, 1.807) is 6.92 Å². The molecule has 0 amide bonds. The first kappa shape index (κ1) is 15.2. The van der Waals surface area contributed by atoms with Crippen LogP contribution in [0.2, 0.25) is 0 Å². The van der Waals surface area contributed by atoms with Gasteiger partial charge in [0.1, 0.15) is 5.01 Å². The van der Waals surface area contributed by atoms with E-state index in [0.29, 0.717) is 22.4 Å². The van der Waals surface area contributed by atoms with Gasteiger partial charge in [-0.15, -0.1) is 10.2 Å². The van der Waals surface area contributed by atoms with E-state index in [2.05, 4.69) is 20.5 Å². The lowest BCUT2D eigenvalue weighted by atomic mass is 10.2. The zero-order valence-corrected chi connectivity index (χ0v) is 13.3. The van der Waals surface area contributed by atoms with Gasteiger partial charge >= 0.3 is 5.69 Å². The van der Waals surface area contributed by atoms with Crippen LogP contribution in [-0.4, -0.2) is 19.7 Å². The van der Waals surface area contributed by atoms with E-state index in [4.69, 9.17) is 0 Å². The van der Waals surface area contributed by atoms with Crippen LogP contribution in [-0.2, 0) is 13.1 Å². The minimum atomic E-state index is -0.441. The Morgan fingerprint density at radius 1 is 1.22 bits per heavy atom. The Kier molecular flexibility index (Phi) is 4.33. The predicted molar refractivity (Wildman–Crippen MR) is 88.8 cm³/mol. The van der Waals surface area contributed by atoms with Crippen LogP contribution in [0.15, 0.2) is 46.0 Å². The number of nitrogens with one attached hydrogen (secondary N) is 2. The quantitative estimate of drug-likeness (QED) is 0.737. The molecule has 1 aromatic carbocycles. The van der Waals surface area contributed by atoms with Crippen molar-refractivity contribution < 1.29 is 0 Å². The topological polar surface area (TPSA) is 92.7 Å². The summed E-state index contributed by atoms with van der Waals surface area (Å²) in [6, 6.07) is 11.3. The van der Waals surface area contributed by atoms with Gasteiger partial charge in [-0.1, -0.05) is 41.7 Å². The molecule has 2 aromatic heterocycles. The van der Waals surface area contributed by atoms with Crippen molar-refractivity contribution in [1.82, 2.24) is 19.7 Å². The maximum atomic E-state index is 11.9. The monoisotopic (exact) mass is 329 g/mol. The van der Waals surface area contributed by atoms with Gasteiger partial charge in [-0.3, -0.25) is 9.36 Å². The number of H-pyrrole nitrogens is 1. The normalized spacial score (nSPS) is 10.7. The van der Waals surface area contributed by atoms with Gasteiger partial charge in [0.2, 0.25) is 5.13 Å². The summed E-state index contributed by atoms with van der Waals surface area (Å²) < 4.78 is 1.11. The maximum absolute atomic E-state index is 11.9. The van der Waals surface area contributed by atoms with Crippen molar-refractivity contribution in [2.45, 2.75) is 20.0 Å². The minimum Gasteiger partial charge on any atom is -0.356 e. The van der Waals surface area contributed by atoms with Gasteiger partial charge in [0.15, 0.2) is 0 Å². The van der Waals surface area contributed by atoms with E-state index in [1.807, 2.05) is 30.3 Å². The maximum Gasteiger partial charge on any atom is 0.328 e. The first-order valence-corrected chi connectivity index (χ1v) is 7.84. The third-order valence-corrected chi connectivity index (χ3v) is 4.07. The number of anilines is 1. The lowest BCUT2D eigenvalue weighted by molar-refractivity contribution is 0.683. The molecular weight excluding hydrogens is 314 g/mol. The van der Waals surface area contributed by atoms with E-state index < -0.39 is 5.69 Å². The third kappa shape index (κ3) is 3.72. The highest BCUT2D eigenvalue weighted by atomic mass is 32.1. The average Bonchev–Trinajstić information content (AvgIpc) is 2.97. The summed E-state index contributed by atoms with van der Waals surface area (Å²) in [6.07, 6.45) is 0. The van der Waals surface area contributed by atoms with Gasteiger partial charge in [-0.05, 0) is 12.5 Å². The van der Waals surface area contributed by atoms with Crippen molar-refractivity contribution in [1.29, 1.82) is 0 Å². The molecule has 0 fully saturated rings. The molecule has 2 N–H and O–H groups in total. The molecule has 0 saturated carbocycles. The molecule has 118 valence electrons. The Balaban J connectivity index is 1.71. The second-order valence-corrected chi connectivity index (χ2v) is 6.08. The molecule has 2 heterocycles. The largest absolute Gasteiger partial charge is 0.356 e. The minimum absolute atomic E-state index is 0.110. The van der Waals surface area contributed by atoms with Crippen molar-refractivity contribution in [3.8, 4) is 0 Å². The van der Waals surface area contributed by atoms with Crippen LogP contribution in [0, 0.1) is 6.92 Å². The van der Waals surface area contributed by atoms with E-state index in [1.165, 1.54) is 17.4 Å². The standard InChI is InChI=1S/C15H15N5O2S/c1-10-7-13(21)20(15(22)17-10)9-12-18-19-14(23-12)16-8-11-5-3-2-4-6-11/h2-7H,8-9H2,1H3,(H,16,19)(H,17,22). The molecule has 0 bridgehead atoms. The second-order valence-electron chi connectivity index (χ2n) is 5.02. The van der Waals surface area contributed by atoms with Crippen molar-refractivity contribution in [3.05, 3.63) is 73.5 Å². The summed E-state index contributed by atoms with van der Waals surface area (Å²) in [5.74, 6) is 0. The number of aryl methyl sites for hydroxylation is 1. The molecule has 0 aliphatic carbocycles. The Morgan fingerprint density at radius 3 is 2.74 bits per heavy atom. The van der Waals surface area contributed by atoms with E-state index >= 15 is 0 Å². The van der Waals surface area contributed by atoms with Crippen LogP contribution in [0.5, 0.6) is 0 Å². The fraction of sp³-hybridized carbons (Fsp3) is 0.200. The van der Waals surface area contributed by atoms with Gasteiger partial charge in [0.05, 0.1) is 6.54 Å². The molecule has 0 spiro atoms. The van der Waals surface area contributed by atoms with Crippen LogP contribution in [0.4, 0.5) is 5.13 Å². The zero-order chi connectivity index (χ0) is 16.2. The number of hydrogen-bond acceptors (Lipinski definition) is 6. The number of aromatic amines is 1. The van der Waals surface area contributed by atoms with Gasteiger partial charge < -0.3 is 10.3 Å². The van der Waals surface area contributed by atoms with Crippen LogP contribution >= 0.6 is 11.3 Å². The molecule has 0 radical (unpaired) electrons. The first-order chi connectivity index (χ1) is 11.1. The number of rotatable bonds is 5. The second kappa shape index (κ2) is 6.57. The van der Waals surface area contributed by atoms with Gasteiger partial charge in [0.25, 0.3) is 5.56 Å². The third-order valence-electron chi connectivity index (χ3n) is 3.20. The number of nitrogens with zero attached hydrogens (tertiary/aromatic N) is 3. The highest BCUT2D eigenvalue weighted by Crippen LogP contribution is 2.16. The van der Waals surface area contributed by atoms with Crippen LogP contribution < -0.4 is 16.6 Å².